The molecule has 4 heteroatoms. The molecule has 2 aliphatic rings. The van der Waals surface area contributed by atoms with Crippen molar-refractivity contribution in [2.75, 3.05) is 13.1 Å². The zero-order valence-electron chi connectivity index (χ0n) is 10.1. The summed E-state index contributed by atoms with van der Waals surface area (Å²) in [6, 6.07) is 6.21. The van der Waals surface area contributed by atoms with Gasteiger partial charge in [0.1, 0.15) is 5.82 Å². The molecular formula is C14H16FNO2. The first-order valence-electron chi connectivity index (χ1n) is 6.35. The van der Waals surface area contributed by atoms with Crippen molar-refractivity contribution in [3.05, 3.63) is 35.6 Å². The van der Waals surface area contributed by atoms with Gasteiger partial charge in [0.2, 0.25) is 5.91 Å². The summed E-state index contributed by atoms with van der Waals surface area (Å²) in [5.74, 6) is -0.191. The Morgan fingerprint density at radius 3 is 2.50 bits per heavy atom. The molecule has 3 nitrogen and oxygen atoms in total. The first-order chi connectivity index (χ1) is 8.62. The van der Waals surface area contributed by atoms with Crippen LogP contribution in [-0.2, 0) is 10.2 Å². The van der Waals surface area contributed by atoms with Gasteiger partial charge in [-0.1, -0.05) is 12.1 Å². The van der Waals surface area contributed by atoms with Crippen LogP contribution < -0.4 is 0 Å². The number of carbonyl (C=O) groups is 1. The zero-order valence-corrected chi connectivity index (χ0v) is 10.1. The van der Waals surface area contributed by atoms with E-state index in [1.165, 1.54) is 12.1 Å². The van der Waals surface area contributed by atoms with Crippen LogP contribution in [0.4, 0.5) is 4.39 Å². The Hall–Kier alpha value is -1.42. The standard InChI is InChI=1S/C14H16FNO2/c15-11-3-1-10(2-4-11)14(6-7-14)13(18)16-8-5-12(17)9-16/h1-4,12,17H,5-9H2/t12-/m1/s1. The van der Waals surface area contributed by atoms with E-state index in [0.717, 1.165) is 18.4 Å². The van der Waals surface area contributed by atoms with Gasteiger partial charge in [0.15, 0.2) is 0 Å². The van der Waals surface area contributed by atoms with Crippen LogP contribution in [0.3, 0.4) is 0 Å². The molecule has 96 valence electrons. The Labute approximate surface area is 105 Å². The van der Waals surface area contributed by atoms with Gasteiger partial charge in [-0.3, -0.25) is 4.79 Å². The van der Waals surface area contributed by atoms with Gasteiger partial charge in [-0.05, 0) is 37.0 Å². The summed E-state index contributed by atoms with van der Waals surface area (Å²) in [6.07, 6.45) is 1.91. The molecule has 0 bridgehead atoms. The first kappa shape index (κ1) is 11.7. The molecule has 3 rings (SSSR count). The number of aliphatic hydroxyl groups is 1. The fourth-order valence-electron chi connectivity index (χ4n) is 2.75. The molecule has 1 aromatic rings. The molecule has 1 saturated carbocycles. The minimum absolute atomic E-state index is 0.0886. The summed E-state index contributed by atoms with van der Waals surface area (Å²) >= 11 is 0. The number of likely N-dealkylation sites (tertiary alicyclic amines) is 1. The first-order valence-corrected chi connectivity index (χ1v) is 6.35. The number of hydrogen-bond acceptors (Lipinski definition) is 2. The van der Waals surface area contributed by atoms with Crippen molar-refractivity contribution in [2.45, 2.75) is 30.8 Å². The lowest BCUT2D eigenvalue weighted by Crippen LogP contribution is -2.38. The van der Waals surface area contributed by atoms with E-state index in [1.54, 1.807) is 17.0 Å². The van der Waals surface area contributed by atoms with Crippen molar-refractivity contribution in [3.8, 4) is 0 Å². The van der Waals surface area contributed by atoms with Gasteiger partial charge in [-0.2, -0.15) is 0 Å². The predicted octanol–water partition coefficient (Wildman–Crippen LogP) is 1.45. The summed E-state index contributed by atoms with van der Waals surface area (Å²) in [5.41, 5.74) is 0.452. The van der Waals surface area contributed by atoms with E-state index in [-0.39, 0.29) is 11.7 Å². The van der Waals surface area contributed by atoms with Crippen molar-refractivity contribution in [1.82, 2.24) is 4.90 Å². The average Bonchev–Trinajstić information content (AvgIpc) is 3.06. The smallest absolute Gasteiger partial charge is 0.233 e. The molecule has 0 unspecified atom stereocenters. The van der Waals surface area contributed by atoms with Crippen molar-refractivity contribution < 1.29 is 14.3 Å². The van der Waals surface area contributed by atoms with Crippen molar-refractivity contribution in [1.29, 1.82) is 0 Å². The predicted molar refractivity (Wildman–Crippen MR) is 64.5 cm³/mol. The van der Waals surface area contributed by atoms with E-state index in [1.807, 2.05) is 0 Å². The number of benzene rings is 1. The van der Waals surface area contributed by atoms with Crippen LogP contribution in [0.5, 0.6) is 0 Å². The largest absolute Gasteiger partial charge is 0.391 e. The van der Waals surface area contributed by atoms with Crippen LogP contribution >= 0.6 is 0 Å². The van der Waals surface area contributed by atoms with Gasteiger partial charge in [-0.15, -0.1) is 0 Å². The van der Waals surface area contributed by atoms with Gasteiger partial charge in [-0.25, -0.2) is 4.39 Å². The number of carbonyl (C=O) groups excluding carboxylic acids is 1. The van der Waals surface area contributed by atoms with E-state index >= 15 is 0 Å². The maximum Gasteiger partial charge on any atom is 0.233 e. The molecule has 1 heterocycles. The fourth-order valence-corrected chi connectivity index (χ4v) is 2.75. The number of β-amino-alcohol motifs (C(OH)–C–C–N with tert-alkyl or cyclic N) is 1. The highest BCUT2D eigenvalue weighted by Gasteiger charge is 2.53. The Morgan fingerprint density at radius 2 is 2.00 bits per heavy atom. The molecule has 1 saturated heterocycles. The molecule has 2 fully saturated rings. The summed E-state index contributed by atoms with van der Waals surface area (Å²) in [6.45, 7) is 1.06. The van der Waals surface area contributed by atoms with Crippen molar-refractivity contribution >= 4 is 5.91 Å². The number of hydrogen-bond donors (Lipinski definition) is 1. The highest BCUT2D eigenvalue weighted by atomic mass is 19.1. The maximum absolute atomic E-state index is 12.9. The summed E-state index contributed by atoms with van der Waals surface area (Å²) in [5, 5.41) is 9.50. The monoisotopic (exact) mass is 249 g/mol. The summed E-state index contributed by atoms with van der Waals surface area (Å²) in [7, 11) is 0. The van der Waals surface area contributed by atoms with Crippen LogP contribution in [-0.4, -0.2) is 35.1 Å². The highest BCUT2D eigenvalue weighted by Crippen LogP contribution is 2.49. The van der Waals surface area contributed by atoms with Gasteiger partial charge >= 0.3 is 0 Å². The number of aliphatic hydroxyl groups excluding tert-OH is 1. The van der Waals surface area contributed by atoms with E-state index < -0.39 is 11.5 Å². The number of amides is 1. The Balaban J connectivity index is 1.82. The molecular weight excluding hydrogens is 233 g/mol. The lowest BCUT2D eigenvalue weighted by atomic mass is 9.94. The minimum atomic E-state index is -0.447. The highest BCUT2D eigenvalue weighted by molar-refractivity contribution is 5.91. The lowest BCUT2D eigenvalue weighted by Gasteiger charge is -2.23. The van der Waals surface area contributed by atoms with Crippen LogP contribution in [0.25, 0.3) is 0 Å². The zero-order chi connectivity index (χ0) is 12.8. The summed E-state index contributed by atoms with van der Waals surface area (Å²) < 4.78 is 12.9. The van der Waals surface area contributed by atoms with E-state index in [4.69, 9.17) is 0 Å². The van der Waals surface area contributed by atoms with Crippen LogP contribution in [0.1, 0.15) is 24.8 Å². The molecule has 0 spiro atoms. The number of nitrogens with zero attached hydrogens (tertiary/aromatic N) is 1. The van der Waals surface area contributed by atoms with E-state index in [0.29, 0.717) is 19.5 Å². The molecule has 18 heavy (non-hydrogen) atoms. The third kappa shape index (κ3) is 1.81. The second-order valence-electron chi connectivity index (χ2n) is 5.28. The third-order valence-electron chi connectivity index (χ3n) is 4.01. The van der Waals surface area contributed by atoms with Gasteiger partial charge in [0.25, 0.3) is 0 Å². The number of halogens is 1. The van der Waals surface area contributed by atoms with Crippen molar-refractivity contribution in [3.63, 3.8) is 0 Å². The topological polar surface area (TPSA) is 40.5 Å². The van der Waals surface area contributed by atoms with Crippen LogP contribution in [0.2, 0.25) is 0 Å². The SMILES string of the molecule is O=C(N1CC[C@@H](O)C1)C1(c2ccc(F)cc2)CC1. The third-order valence-corrected chi connectivity index (χ3v) is 4.01. The van der Waals surface area contributed by atoms with Crippen LogP contribution in [0, 0.1) is 5.82 Å². The average molecular weight is 249 g/mol. The molecule has 0 radical (unpaired) electrons. The normalized spacial score (nSPS) is 25.2. The molecule has 1 aromatic carbocycles. The fraction of sp³-hybridized carbons (Fsp3) is 0.500. The molecule has 1 amide bonds. The molecule has 1 atom stereocenters. The van der Waals surface area contributed by atoms with Gasteiger partial charge in [0.05, 0.1) is 11.5 Å². The minimum Gasteiger partial charge on any atom is -0.391 e. The molecule has 1 N–H and O–H groups in total. The number of rotatable bonds is 2. The van der Waals surface area contributed by atoms with E-state index in [2.05, 4.69) is 0 Å². The Morgan fingerprint density at radius 1 is 1.33 bits per heavy atom. The van der Waals surface area contributed by atoms with E-state index in [9.17, 15) is 14.3 Å². The molecule has 0 aromatic heterocycles. The quantitative estimate of drug-likeness (QED) is 0.861. The Bertz CT molecular complexity index is 467. The second kappa shape index (κ2) is 4.05. The second-order valence-corrected chi connectivity index (χ2v) is 5.28. The maximum atomic E-state index is 12.9. The summed E-state index contributed by atoms with van der Waals surface area (Å²) in [4.78, 5) is 14.2. The Kier molecular flexibility index (Phi) is 2.63. The van der Waals surface area contributed by atoms with Crippen molar-refractivity contribution in [2.24, 2.45) is 0 Å². The van der Waals surface area contributed by atoms with Gasteiger partial charge < -0.3 is 10.0 Å². The van der Waals surface area contributed by atoms with Gasteiger partial charge in [0, 0.05) is 13.1 Å². The van der Waals surface area contributed by atoms with Crippen LogP contribution in [0.15, 0.2) is 24.3 Å². The molecule has 1 aliphatic heterocycles. The lowest BCUT2D eigenvalue weighted by molar-refractivity contribution is -0.133. The molecule has 1 aliphatic carbocycles.